The molecule has 3 heterocycles. The zero-order valence-corrected chi connectivity index (χ0v) is 19.5. The van der Waals surface area contributed by atoms with Crippen molar-refractivity contribution in [2.45, 2.75) is 75.5 Å². The lowest BCUT2D eigenvalue weighted by Gasteiger charge is -2.50. The maximum Gasteiger partial charge on any atom is 0.317 e. The molecule has 3 aliphatic heterocycles. The Morgan fingerprint density at radius 3 is 2.34 bits per heavy atom. The minimum atomic E-state index is -0.0267. The average Bonchev–Trinajstić information content (AvgIpc) is 2.86. The number of carbonyl (C=O) groups is 1. The maximum atomic E-state index is 12.8. The number of piperazine rings is 1. The number of amides is 2. The third kappa shape index (κ3) is 5.07. The van der Waals surface area contributed by atoms with Crippen LogP contribution in [0, 0.1) is 0 Å². The molecule has 1 saturated carbocycles. The van der Waals surface area contributed by atoms with E-state index in [1.165, 1.54) is 24.9 Å². The highest BCUT2D eigenvalue weighted by atomic mass is 16.5. The van der Waals surface area contributed by atoms with Crippen molar-refractivity contribution < 1.29 is 9.53 Å². The zero-order chi connectivity index (χ0) is 21.8. The molecule has 1 aliphatic carbocycles. The van der Waals surface area contributed by atoms with Gasteiger partial charge in [-0.3, -0.25) is 4.90 Å². The molecular weight excluding hydrogens is 400 g/mol. The zero-order valence-electron chi connectivity index (χ0n) is 19.5. The van der Waals surface area contributed by atoms with Gasteiger partial charge in [0.2, 0.25) is 0 Å². The Labute approximate surface area is 193 Å². The number of hydrogen-bond donors (Lipinski definition) is 1. The van der Waals surface area contributed by atoms with Crippen molar-refractivity contribution in [3.8, 4) is 0 Å². The fourth-order valence-corrected chi connectivity index (χ4v) is 6.28. The van der Waals surface area contributed by atoms with Crippen LogP contribution in [0.25, 0.3) is 0 Å². The third-order valence-electron chi connectivity index (χ3n) is 8.31. The number of anilines is 1. The largest absolute Gasteiger partial charge is 0.375 e. The second-order valence-corrected chi connectivity index (χ2v) is 10.3. The minimum Gasteiger partial charge on any atom is -0.375 e. The van der Waals surface area contributed by atoms with Gasteiger partial charge in [-0.2, -0.15) is 0 Å². The normalized spacial score (nSPS) is 27.4. The monoisotopic (exact) mass is 440 g/mol. The first-order valence-electron chi connectivity index (χ1n) is 12.9. The summed E-state index contributed by atoms with van der Waals surface area (Å²) in [5, 5.41) is 3.29. The van der Waals surface area contributed by atoms with E-state index in [4.69, 9.17) is 4.74 Å². The number of carbonyl (C=O) groups excluding carboxylic acids is 1. The molecular formula is C26H40N4O2. The van der Waals surface area contributed by atoms with Crippen LogP contribution in [-0.2, 0) is 4.74 Å². The molecule has 4 aliphatic rings. The highest BCUT2D eigenvalue weighted by Crippen LogP contribution is 2.37. The van der Waals surface area contributed by atoms with Crippen molar-refractivity contribution in [1.82, 2.24) is 15.1 Å². The van der Waals surface area contributed by atoms with E-state index in [0.717, 1.165) is 84.4 Å². The van der Waals surface area contributed by atoms with Gasteiger partial charge in [0.25, 0.3) is 0 Å². The van der Waals surface area contributed by atoms with E-state index >= 15 is 0 Å². The van der Waals surface area contributed by atoms with Crippen molar-refractivity contribution in [3.05, 3.63) is 30.3 Å². The number of nitrogens with zero attached hydrogens (tertiary/aromatic N) is 3. The molecule has 1 N–H and O–H groups in total. The summed E-state index contributed by atoms with van der Waals surface area (Å²) in [6.07, 6.45) is 10.3. The molecule has 6 heteroatoms. The molecule has 3 saturated heterocycles. The Hall–Kier alpha value is -1.79. The van der Waals surface area contributed by atoms with Gasteiger partial charge >= 0.3 is 6.03 Å². The number of para-hydroxylation sites is 1. The van der Waals surface area contributed by atoms with Crippen LogP contribution in [0.1, 0.15) is 57.8 Å². The van der Waals surface area contributed by atoms with Crippen molar-refractivity contribution in [2.24, 2.45) is 0 Å². The predicted molar refractivity (Wildman–Crippen MR) is 128 cm³/mol. The molecule has 176 valence electrons. The number of urea groups is 1. The number of piperidine rings is 1. The van der Waals surface area contributed by atoms with E-state index in [1.54, 1.807) is 0 Å². The van der Waals surface area contributed by atoms with Crippen LogP contribution in [0.2, 0.25) is 0 Å². The molecule has 6 nitrogen and oxygen atoms in total. The topological polar surface area (TPSA) is 48.1 Å². The molecule has 4 fully saturated rings. The minimum absolute atomic E-state index is 0.0267. The van der Waals surface area contributed by atoms with Crippen LogP contribution < -0.4 is 10.2 Å². The summed E-state index contributed by atoms with van der Waals surface area (Å²) in [6.45, 7) is 6.97. The van der Waals surface area contributed by atoms with Gasteiger partial charge in [-0.25, -0.2) is 4.79 Å². The van der Waals surface area contributed by atoms with E-state index in [9.17, 15) is 4.79 Å². The fourth-order valence-electron chi connectivity index (χ4n) is 6.28. The standard InChI is InChI=1S/C26H40N4O2/c31-25(27-22-7-3-1-4-8-22)30-14-12-26(13-15-30)21-24(11-20-32-26)29-18-16-28(17-19-29)23-9-5-2-6-10-23/h2,5-6,9-10,22,24H,1,3-4,7-8,11-21H2,(H,27,31)/t24-/m1/s1. The lowest BCUT2D eigenvalue weighted by Crippen LogP contribution is -2.58. The number of benzene rings is 1. The number of rotatable bonds is 3. The number of hydrogen-bond acceptors (Lipinski definition) is 4. The Kier molecular flexibility index (Phi) is 6.88. The van der Waals surface area contributed by atoms with Crippen LogP contribution in [0.3, 0.4) is 0 Å². The first-order valence-corrected chi connectivity index (χ1v) is 12.9. The Bertz CT molecular complexity index is 735. The van der Waals surface area contributed by atoms with Crippen molar-refractivity contribution >= 4 is 11.7 Å². The summed E-state index contributed by atoms with van der Waals surface area (Å²) in [5.74, 6) is 0. The molecule has 0 radical (unpaired) electrons. The number of likely N-dealkylation sites (tertiary alicyclic amines) is 1. The lowest BCUT2D eigenvalue weighted by molar-refractivity contribution is -0.129. The van der Waals surface area contributed by atoms with Crippen LogP contribution in [-0.4, -0.2) is 79.4 Å². The smallest absolute Gasteiger partial charge is 0.317 e. The van der Waals surface area contributed by atoms with Gasteiger partial charge in [-0.15, -0.1) is 0 Å². The molecule has 0 bridgehead atoms. The molecule has 2 amide bonds. The Morgan fingerprint density at radius 1 is 0.906 bits per heavy atom. The average molecular weight is 441 g/mol. The Morgan fingerprint density at radius 2 is 1.62 bits per heavy atom. The van der Waals surface area contributed by atoms with Gasteiger partial charge in [0.05, 0.1) is 5.60 Å². The SMILES string of the molecule is O=C(NC1CCCCC1)N1CCC2(CC1)C[C@H](N1CCN(c3ccccc3)CC1)CCO2. The highest BCUT2D eigenvalue weighted by molar-refractivity contribution is 5.74. The maximum absolute atomic E-state index is 12.8. The molecule has 5 rings (SSSR count). The fraction of sp³-hybridized carbons (Fsp3) is 0.731. The van der Waals surface area contributed by atoms with Crippen molar-refractivity contribution in [3.63, 3.8) is 0 Å². The molecule has 32 heavy (non-hydrogen) atoms. The van der Waals surface area contributed by atoms with E-state index in [-0.39, 0.29) is 11.6 Å². The van der Waals surface area contributed by atoms with Gasteiger partial charge in [-0.05, 0) is 50.7 Å². The summed E-state index contributed by atoms with van der Waals surface area (Å²) in [4.78, 5) is 20.0. The summed E-state index contributed by atoms with van der Waals surface area (Å²) in [5.41, 5.74) is 1.32. The van der Waals surface area contributed by atoms with Crippen molar-refractivity contribution in [1.29, 1.82) is 0 Å². The summed E-state index contributed by atoms with van der Waals surface area (Å²) in [7, 11) is 0. The molecule has 0 unspecified atom stereocenters. The van der Waals surface area contributed by atoms with Gasteiger partial charge in [0.15, 0.2) is 0 Å². The molecule has 1 atom stereocenters. The van der Waals surface area contributed by atoms with E-state index in [0.29, 0.717) is 12.1 Å². The highest BCUT2D eigenvalue weighted by Gasteiger charge is 2.43. The molecule has 0 aromatic heterocycles. The van der Waals surface area contributed by atoms with Gasteiger partial charge in [-0.1, -0.05) is 37.5 Å². The second kappa shape index (κ2) is 10.0. The first kappa shape index (κ1) is 22.0. The molecule has 1 spiro atoms. The van der Waals surface area contributed by atoms with Gasteiger partial charge in [0, 0.05) is 63.6 Å². The summed E-state index contributed by atoms with van der Waals surface area (Å²) in [6, 6.07) is 11.9. The van der Waals surface area contributed by atoms with Crippen molar-refractivity contribution in [2.75, 3.05) is 50.8 Å². The van der Waals surface area contributed by atoms with Gasteiger partial charge < -0.3 is 19.9 Å². The lowest BCUT2D eigenvalue weighted by atomic mass is 9.81. The van der Waals surface area contributed by atoms with E-state index < -0.39 is 0 Å². The Balaban J connectivity index is 1.10. The van der Waals surface area contributed by atoms with Crippen LogP contribution in [0.15, 0.2) is 30.3 Å². The number of nitrogens with one attached hydrogen (secondary N) is 1. The van der Waals surface area contributed by atoms with Crippen LogP contribution in [0.4, 0.5) is 10.5 Å². The van der Waals surface area contributed by atoms with Gasteiger partial charge in [0.1, 0.15) is 0 Å². The summed E-state index contributed by atoms with van der Waals surface area (Å²) >= 11 is 0. The quantitative estimate of drug-likeness (QED) is 0.775. The third-order valence-corrected chi connectivity index (χ3v) is 8.31. The summed E-state index contributed by atoms with van der Waals surface area (Å²) < 4.78 is 6.40. The predicted octanol–water partition coefficient (Wildman–Crippen LogP) is 3.86. The second-order valence-electron chi connectivity index (χ2n) is 10.3. The van der Waals surface area contributed by atoms with E-state index in [1.807, 2.05) is 4.90 Å². The van der Waals surface area contributed by atoms with Crippen LogP contribution in [0.5, 0.6) is 0 Å². The molecule has 1 aromatic carbocycles. The molecule has 1 aromatic rings. The van der Waals surface area contributed by atoms with E-state index in [2.05, 4.69) is 45.4 Å². The first-order chi connectivity index (χ1) is 15.7. The van der Waals surface area contributed by atoms with Crippen LogP contribution >= 0.6 is 0 Å². The number of ether oxygens (including phenoxy) is 1.